The Labute approximate surface area is 375 Å². The molecule has 334 valence electrons. The fourth-order valence-electron chi connectivity index (χ4n) is 8.26. The van der Waals surface area contributed by atoms with E-state index in [1.807, 2.05) is 42.4 Å². The summed E-state index contributed by atoms with van der Waals surface area (Å²) in [7, 11) is 0. The van der Waals surface area contributed by atoms with Crippen LogP contribution in [0.15, 0.2) is 85.5 Å². The topological polar surface area (TPSA) is 195 Å². The number of hydrogen-bond donors (Lipinski definition) is 5. The highest BCUT2D eigenvalue weighted by Crippen LogP contribution is 2.36. The molecule has 3 aliphatic heterocycles. The van der Waals surface area contributed by atoms with E-state index in [-0.39, 0.29) is 18.2 Å². The second-order valence-corrected chi connectivity index (χ2v) is 16.2. The van der Waals surface area contributed by atoms with Crippen LogP contribution < -0.4 is 41.1 Å². The molecular weight excluding hydrogens is 830 g/mol. The molecule has 9 rings (SSSR count). The summed E-state index contributed by atoms with van der Waals surface area (Å²) in [6, 6.07) is 18.4. The zero-order valence-corrected chi connectivity index (χ0v) is 36.2. The molecule has 17 nitrogen and oxygen atoms in total. The first-order chi connectivity index (χ1) is 31.7. The van der Waals surface area contributed by atoms with Crippen LogP contribution >= 0.6 is 0 Å². The minimum atomic E-state index is -0.599. The fraction of sp³-hybridized carbons (Fsp3) is 0.319. The van der Waals surface area contributed by atoms with Crippen molar-refractivity contribution in [2.45, 2.75) is 39.3 Å². The number of carbonyl (C=O) groups excluding carboxylic acids is 3. The zero-order valence-electron chi connectivity index (χ0n) is 36.2. The quantitative estimate of drug-likeness (QED) is 0.0701. The van der Waals surface area contributed by atoms with Gasteiger partial charge in [-0.2, -0.15) is 0 Å². The van der Waals surface area contributed by atoms with Crippen molar-refractivity contribution in [2.75, 3.05) is 84.7 Å². The van der Waals surface area contributed by atoms with E-state index >= 15 is 4.39 Å². The van der Waals surface area contributed by atoms with Gasteiger partial charge >= 0.3 is 0 Å². The number of imide groups is 1. The zero-order chi connectivity index (χ0) is 44.9. The van der Waals surface area contributed by atoms with Crippen LogP contribution in [0.1, 0.15) is 41.3 Å². The average Bonchev–Trinajstić information content (AvgIpc) is 3.33. The molecule has 6 aromatic rings. The van der Waals surface area contributed by atoms with Crippen molar-refractivity contribution < 1.29 is 23.5 Å². The lowest BCUT2D eigenvalue weighted by molar-refractivity contribution is -0.133. The number of anilines is 6. The van der Waals surface area contributed by atoms with Crippen LogP contribution in [0, 0.1) is 12.7 Å². The van der Waals surface area contributed by atoms with Gasteiger partial charge in [-0.15, -0.1) is 0 Å². The molecule has 0 aliphatic carbocycles. The maximum absolute atomic E-state index is 15.2. The highest BCUT2D eigenvalue weighted by Gasteiger charge is 2.28. The second-order valence-electron chi connectivity index (χ2n) is 16.2. The van der Waals surface area contributed by atoms with Gasteiger partial charge in [-0.1, -0.05) is 24.3 Å². The van der Waals surface area contributed by atoms with Gasteiger partial charge in [0.25, 0.3) is 5.91 Å². The number of fused-ring (bicyclic) bond motifs is 2. The fourth-order valence-corrected chi connectivity index (χ4v) is 8.26. The molecule has 1 atom stereocenters. The van der Waals surface area contributed by atoms with E-state index in [4.69, 9.17) is 9.72 Å². The Bertz CT molecular complexity index is 2710. The summed E-state index contributed by atoms with van der Waals surface area (Å²) in [6.45, 7) is 9.92. The molecule has 0 bridgehead atoms. The van der Waals surface area contributed by atoms with Gasteiger partial charge in [0.2, 0.25) is 29.6 Å². The van der Waals surface area contributed by atoms with Crippen LogP contribution in [-0.2, 0) is 16.1 Å². The first kappa shape index (κ1) is 42.8. The van der Waals surface area contributed by atoms with E-state index in [1.54, 1.807) is 29.4 Å². The Kier molecular flexibility index (Phi) is 12.6. The van der Waals surface area contributed by atoms with E-state index < -0.39 is 17.8 Å². The van der Waals surface area contributed by atoms with Gasteiger partial charge in [0.15, 0.2) is 0 Å². The van der Waals surface area contributed by atoms with E-state index in [1.165, 1.54) is 6.07 Å². The largest absolute Gasteiger partial charge is 0.474 e. The second kappa shape index (κ2) is 19.1. The lowest BCUT2D eigenvalue weighted by Crippen LogP contribution is -2.49. The molecule has 0 spiro atoms. The number of piperidine rings is 1. The molecule has 6 heterocycles. The average molecular weight is 880 g/mol. The lowest BCUT2D eigenvalue weighted by atomic mass is 10.00. The van der Waals surface area contributed by atoms with Crippen molar-refractivity contribution in [3.8, 4) is 17.0 Å². The molecule has 3 amide bonds. The van der Waals surface area contributed by atoms with Crippen molar-refractivity contribution in [1.82, 2.24) is 40.5 Å². The predicted octanol–water partition coefficient (Wildman–Crippen LogP) is 5.27. The van der Waals surface area contributed by atoms with Crippen LogP contribution in [0.25, 0.3) is 22.0 Å². The molecular formula is C47H50FN13O4. The molecule has 2 saturated heterocycles. The molecule has 5 N–H and O–H groups in total. The Morgan fingerprint density at radius 2 is 1.74 bits per heavy atom. The van der Waals surface area contributed by atoms with Crippen LogP contribution in [0.2, 0.25) is 0 Å². The Morgan fingerprint density at radius 1 is 0.938 bits per heavy atom. The highest BCUT2D eigenvalue weighted by atomic mass is 19.1. The van der Waals surface area contributed by atoms with Gasteiger partial charge in [0, 0.05) is 112 Å². The minimum absolute atomic E-state index is 0.172. The summed E-state index contributed by atoms with van der Waals surface area (Å²) in [5, 5.41) is 16.5. The summed E-state index contributed by atoms with van der Waals surface area (Å²) in [4.78, 5) is 65.6. The summed E-state index contributed by atoms with van der Waals surface area (Å²) in [5.74, 6) is 0.365. The van der Waals surface area contributed by atoms with Crippen molar-refractivity contribution in [1.29, 1.82) is 0 Å². The van der Waals surface area contributed by atoms with Crippen LogP contribution in [0.3, 0.4) is 0 Å². The van der Waals surface area contributed by atoms with Crippen molar-refractivity contribution >= 4 is 63.3 Å². The number of carbonyl (C=O) groups is 3. The van der Waals surface area contributed by atoms with E-state index in [0.717, 1.165) is 51.1 Å². The summed E-state index contributed by atoms with van der Waals surface area (Å²) in [6.07, 6.45) is 7.40. The van der Waals surface area contributed by atoms with Gasteiger partial charge in [-0.3, -0.25) is 19.7 Å². The standard InChI is InChI=1S/C47H50FN13O4/c1-3-59(47-53-26-33(27-54-47)45(64)61-19-17-60(18-20-61)40-12-10-35(23-37(40)48)55-38-11-13-41(62)58-43(38)63)16-14-49-24-30-4-8-34(9-5-30)56-46-52-25-32-7-6-31(22-39(32)57-46)36-28-51-44-42(29(36)2)50-15-21-65-44/h4-10,12,22-23,25-28,38,49-50,55H,3,11,13-21,24H2,1-2H3,(H,52,56,57)(H,58,62,63). The molecule has 18 heteroatoms. The molecule has 3 aliphatic rings. The number of ether oxygens (including phenoxy) is 1. The van der Waals surface area contributed by atoms with Crippen molar-refractivity contribution in [2.24, 2.45) is 0 Å². The number of pyridine rings is 1. The summed E-state index contributed by atoms with van der Waals surface area (Å²) in [5.41, 5.74) is 8.17. The van der Waals surface area contributed by atoms with E-state index in [2.05, 4.69) is 82.6 Å². The Hall–Kier alpha value is -7.47. The number of benzene rings is 3. The monoisotopic (exact) mass is 879 g/mol. The third kappa shape index (κ3) is 9.72. The van der Waals surface area contributed by atoms with Gasteiger partial charge in [-0.05, 0) is 73.4 Å². The number of amides is 3. The number of aromatic nitrogens is 5. The summed E-state index contributed by atoms with van der Waals surface area (Å²) >= 11 is 0. The minimum Gasteiger partial charge on any atom is -0.474 e. The smallest absolute Gasteiger partial charge is 0.257 e. The van der Waals surface area contributed by atoms with Gasteiger partial charge in [0.1, 0.15) is 24.2 Å². The Balaban J connectivity index is 0.721. The highest BCUT2D eigenvalue weighted by molar-refractivity contribution is 6.01. The number of hydrogen-bond acceptors (Lipinski definition) is 15. The van der Waals surface area contributed by atoms with Crippen LogP contribution in [0.4, 0.5) is 39.0 Å². The molecule has 2 fully saturated rings. The third-order valence-corrected chi connectivity index (χ3v) is 11.9. The van der Waals surface area contributed by atoms with E-state index in [0.29, 0.717) is 100 Å². The van der Waals surface area contributed by atoms with Crippen molar-refractivity contribution in [3.05, 3.63) is 108 Å². The predicted molar refractivity (Wildman–Crippen MR) is 247 cm³/mol. The molecule has 3 aromatic carbocycles. The first-order valence-corrected chi connectivity index (χ1v) is 21.9. The number of rotatable bonds is 14. The molecule has 1 unspecified atom stereocenters. The number of halogens is 1. The van der Waals surface area contributed by atoms with Crippen molar-refractivity contribution in [3.63, 3.8) is 0 Å². The summed E-state index contributed by atoms with van der Waals surface area (Å²) < 4.78 is 20.9. The van der Waals surface area contributed by atoms with Gasteiger partial charge in [-0.25, -0.2) is 29.3 Å². The van der Waals surface area contributed by atoms with Gasteiger partial charge < -0.3 is 40.7 Å². The van der Waals surface area contributed by atoms with E-state index in [9.17, 15) is 14.4 Å². The number of likely N-dealkylation sites (N-methyl/N-ethyl adjacent to an activating group) is 1. The first-order valence-electron chi connectivity index (χ1n) is 21.9. The number of nitrogens with zero attached hydrogens (tertiary/aromatic N) is 8. The maximum atomic E-state index is 15.2. The SMILES string of the molecule is CCN(CCNCc1ccc(Nc2ncc3ccc(-c4cnc5c(c4C)NCCO5)cc3n2)cc1)c1ncc(C(=O)N2CCN(c3ccc(NC4CCC(=O)NC4=O)cc3F)CC2)cn1. The normalized spacial score (nSPS) is 16.0. The Morgan fingerprint density at radius 3 is 2.51 bits per heavy atom. The lowest BCUT2D eigenvalue weighted by Gasteiger charge is -2.36. The maximum Gasteiger partial charge on any atom is 0.257 e. The molecule has 3 aromatic heterocycles. The van der Waals surface area contributed by atoms with Crippen LogP contribution in [0.5, 0.6) is 5.88 Å². The molecule has 65 heavy (non-hydrogen) atoms. The van der Waals surface area contributed by atoms with Gasteiger partial charge in [0.05, 0.1) is 16.8 Å². The molecule has 0 saturated carbocycles. The number of nitrogens with one attached hydrogen (secondary N) is 5. The molecule has 0 radical (unpaired) electrons. The number of piperazine rings is 1. The van der Waals surface area contributed by atoms with Crippen LogP contribution in [-0.4, -0.2) is 113 Å². The third-order valence-electron chi connectivity index (χ3n) is 11.9.